The molecular formula is C22H23NO4. The van der Waals surface area contributed by atoms with Crippen molar-refractivity contribution < 1.29 is 13.9 Å². The number of rotatable bonds is 3. The van der Waals surface area contributed by atoms with Crippen LogP contribution in [0.4, 0.5) is 4.79 Å². The van der Waals surface area contributed by atoms with E-state index in [1.165, 1.54) is 0 Å². The summed E-state index contributed by atoms with van der Waals surface area (Å²) in [6.45, 7) is 7.15. The number of benzene rings is 2. The Balaban J connectivity index is 2.12. The van der Waals surface area contributed by atoms with Gasteiger partial charge in [-0.3, -0.25) is 0 Å². The van der Waals surface area contributed by atoms with Gasteiger partial charge in [-0.15, -0.1) is 0 Å². The van der Waals surface area contributed by atoms with Crippen molar-refractivity contribution in [2.24, 2.45) is 0 Å². The van der Waals surface area contributed by atoms with Crippen LogP contribution in [0, 0.1) is 0 Å². The van der Waals surface area contributed by atoms with E-state index in [9.17, 15) is 9.59 Å². The highest BCUT2D eigenvalue weighted by molar-refractivity contribution is 5.96. The zero-order chi connectivity index (χ0) is 19.6. The maximum Gasteiger partial charge on any atom is 0.408 e. The summed E-state index contributed by atoms with van der Waals surface area (Å²) in [6.07, 6.45) is -0.565. The number of hydrogen-bond acceptors (Lipinski definition) is 4. The topological polar surface area (TPSA) is 68.5 Å². The highest BCUT2D eigenvalue weighted by Crippen LogP contribution is 2.33. The molecule has 27 heavy (non-hydrogen) atoms. The van der Waals surface area contributed by atoms with E-state index in [-0.39, 0.29) is 0 Å². The fraction of sp³-hybridized carbons (Fsp3) is 0.273. The van der Waals surface area contributed by atoms with Crippen LogP contribution >= 0.6 is 0 Å². The van der Waals surface area contributed by atoms with E-state index >= 15 is 0 Å². The lowest BCUT2D eigenvalue weighted by Crippen LogP contribution is -2.34. The Hall–Kier alpha value is -3.08. The molecule has 0 aliphatic heterocycles. The summed E-state index contributed by atoms with van der Waals surface area (Å²) in [6, 6.07) is 16.4. The molecule has 0 bridgehead atoms. The fourth-order valence-electron chi connectivity index (χ4n) is 2.98. The molecule has 140 valence electrons. The summed E-state index contributed by atoms with van der Waals surface area (Å²) >= 11 is 0. The van der Waals surface area contributed by atoms with E-state index in [4.69, 9.17) is 9.15 Å². The molecule has 0 saturated carbocycles. The summed E-state index contributed by atoms with van der Waals surface area (Å²) in [5.41, 5.74) is 0.647. The Morgan fingerprint density at radius 3 is 2.22 bits per heavy atom. The van der Waals surface area contributed by atoms with Crippen LogP contribution in [0.2, 0.25) is 0 Å². The Kier molecular flexibility index (Phi) is 5.04. The first kappa shape index (κ1) is 18.7. The molecule has 0 fully saturated rings. The first-order chi connectivity index (χ1) is 12.8. The second-order valence-corrected chi connectivity index (χ2v) is 7.41. The molecule has 0 aliphatic rings. The van der Waals surface area contributed by atoms with Crippen molar-refractivity contribution in [2.75, 3.05) is 0 Å². The standard InChI is InChI=1S/C22H23NO4/c1-14(23-21(25)27-22(2,3)4)19-18(15-10-6-5-7-11-15)16-12-8-9-13-17(16)20(24)26-19/h5-14H,1-4H3,(H,23,25). The molecule has 3 aromatic rings. The highest BCUT2D eigenvalue weighted by atomic mass is 16.6. The summed E-state index contributed by atoms with van der Waals surface area (Å²) in [4.78, 5) is 24.7. The molecule has 1 N–H and O–H groups in total. The molecule has 0 spiro atoms. The number of hydrogen-bond donors (Lipinski definition) is 1. The van der Waals surface area contributed by atoms with Crippen LogP contribution in [0.15, 0.2) is 63.8 Å². The van der Waals surface area contributed by atoms with E-state index in [0.717, 1.165) is 16.5 Å². The monoisotopic (exact) mass is 365 g/mol. The lowest BCUT2D eigenvalue weighted by Gasteiger charge is -2.22. The minimum Gasteiger partial charge on any atom is -0.444 e. The van der Waals surface area contributed by atoms with Crippen LogP contribution in [0.25, 0.3) is 21.9 Å². The zero-order valence-corrected chi connectivity index (χ0v) is 15.9. The maximum absolute atomic E-state index is 12.5. The molecule has 1 aromatic heterocycles. The predicted molar refractivity (Wildman–Crippen MR) is 106 cm³/mol. The Morgan fingerprint density at radius 2 is 1.59 bits per heavy atom. The van der Waals surface area contributed by atoms with Gasteiger partial charge < -0.3 is 14.5 Å². The molecule has 1 unspecified atom stereocenters. The number of carbonyl (C=O) groups excluding carboxylic acids is 1. The fourth-order valence-corrected chi connectivity index (χ4v) is 2.98. The van der Waals surface area contributed by atoms with Gasteiger partial charge in [0.15, 0.2) is 0 Å². The van der Waals surface area contributed by atoms with Crippen LogP contribution in [0.3, 0.4) is 0 Å². The zero-order valence-electron chi connectivity index (χ0n) is 15.9. The molecule has 1 atom stereocenters. The van der Waals surface area contributed by atoms with Crippen LogP contribution in [-0.4, -0.2) is 11.7 Å². The summed E-state index contributed by atoms with van der Waals surface area (Å²) in [5, 5.41) is 4.05. The molecular weight excluding hydrogens is 342 g/mol. The van der Waals surface area contributed by atoms with E-state index in [1.54, 1.807) is 39.8 Å². The second kappa shape index (κ2) is 7.27. The summed E-state index contributed by atoms with van der Waals surface area (Å²) < 4.78 is 11.0. The number of ether oxygens (including phenoxy) is 1. The first-order valence-electron chi connectivity index (χ1n) is 8.87. The summed E-state index contributed by atoms with van der Waals surface area (Å²) in [5.74, 6) is 0.399. The van der Waals surface area contributed by atoms with Gasteiger partial charge in [0.25, 0.3) is 0 Å². The van der Waals surface area contributed by atoms with Crippen molar-refractivity contribution in [3.63, 3.8) is 0 Å². The molecule has 2 aromatic carbocycles. The molecule has 0 radical (unpaired) electrons. The molecule has 0 saturated heterocycles. The van der Waals surface area contributed by atoms with Gasteiger partial charge in [-0.1, -0.05) is 48.5 Å². The van der Waals surface area contributed by atoms with Gasteiger partial charge in [-0.2, -0.15) is 0 Å². The van der Waals surface area contributed by atoms with Gasteiger partial charge in [0.05, 0.1) is 11.4 Å². The van der Waals surface area contributed by atoms with Gasteiger partial charge in [-0.25, -0.2) is 9.59 Å². The first-order valence-corrected chi connectivity index (χ1v) is 8.87. The van der Waals surface area contributed by atoms with Gasteiger partial charge in [0.2, 0.25) is 0 Å². The minimum absolute atomic E-state index is 0.399. The lowest BCUT2D eigenvalue weighted by atomic mass is 9.96. The number of fused-ring (bicyclic) bond motifs is 1. The average Bonchev–Trinajstić information content (AvgIpc) is 2.60. The second-order valence-electron chi connectivity index (χ2n) is 7.41. The van der Waals surface area contributed by atoms with Crippen molar-refractivity contribution in [2.45, 2.75) is 39.3 Å². The largest absolute Gasteiger partial charge is 0.444 e. The lowest BCUT2D eigenvalue weighted by molar-refractivity contribution is 0.0502. The molecule has 0 aliphatic carbocycles. The van der Waals surface area contributed by atoms with Crippen molar-refractivity contribution in [3.05, 3.63) is 70.8 Å². The number of alkyl carbamates (subject to hydrolysis) is 1. The van der Waals surface area contributed by atoms with Crippen molar-refractivity contribution in [1.29, 1.82) is 0 Å². The highest BCUT2D eigenvalue weighted by Gasteiger charge is 2.24. The minimum atomic E-state index is -0.615. The van der Waals surface area contributed by atoms with Crippen molar-refractivity contribution in [1.82, 2.24) is 5.32 Å². The molecule has 5 nitrogen and oxygen atoms in total. The van der Waals surface area contributed by atoms with E-state index < -0.39 is 23.4 Å². The van der Waals surface area contributed by atoms with Crippen LogP contribution in [0.1, 0.15) is 39.5 Å². The van der Waals surface area contributed by atoms with E-state index in [2.05, 4.69) is 5.32 Å². The van der Waals surface area contributed by atoms with Crippen molar-refractivity contribution >= 4 is 16.9 Å². The third-order valence-corrected chi connectivity index (χ3v) is 4.05. The SMILES string of the molecule is CC(NC(=O)OC(C)(C)C)c1oc(=O)c2ccccc2c1-c1ccccc1. The number of amides is 1. The molecule has 1 heterocycles. The van der Waals surface area contributed by atoms with Gasteiger partial charge in [0, 0.05) is 10.9 Å². The predicted octanol–water partition coefficient (Wildman–Crippen LogP) is 5.05. The van der Waals surface area contributed by atoms with Gasteiger partial charge in [0.1, 0.15) is 11.4 Å². The van der Waals surface area contributed by atoms with Crippen molar-refractivity contribution in [3.8, 4) is 11.1 Å². The normalized spacial score (nSPS) is 12.6. The molecule has 1 amide bonds. The average molecular weight is 365 g/mol. The smallest absolute Gasteiger partial charge is 0.408 e. The van der Waals surface area contributed by atoms with E-state index in [0.29, 0.717) is 11.1 Å². The van der Waals surface area contributed by atoms with Gasteiger partial charge in [-0.05, 0) is 39.3 Å². The Bertz CT molecular complexity index is 1020. The molecule has 3 rings (SSSR count). The molecule has 5 heteroatoms. The number of carbonyl (C=O) groups is 1. The number of nitrogens with one attached hydrogen (secondary N) is 1. The van der Waals surface area contributed by atoms with Gasteiger partial charge >= 0.3 is 11.7 Å². The van der Waals surface area contributed by atoms with Crippen LogP contribution in [0.5, 0.6) is 0 Å². The summed E-state index contributed by atoms with van der Waals surface area (Å²) in [7, 11) is 0. The Labute approximate surface area is 158 Å². The Morgan fingerprint density at radius 1 is 1.00 bits per heavy atom. The van der Waals surface area contributed by atoms with E-state index in [1.807, 2.05) is 42.5 Å². The third-order valence-electron chi connectivity index (χ3n) is 4.05. The maximum atomic E-state index is 12.5. The third kappa shape index (κ3) is 4.19. The quantitative estimate of drug-likeness (QED) is 0.705. The van der Waals surface area contributed by atoms with Crippen LogP contribution < -0.4 is 10.9 Å². The van der Waals surface area contributed by atoms with Crippen LogP contribution in [-0.2, 0) is 4.74 Å².